The zero-order valence-corrected chi connectivity index (χ0v) is 11.7. The lowest BCUT2D eigenvalue weighted by Crippen LogP contribution is -2.27. The fraction of sp³-hybridized carbons (Fsp3) is 0.500. The molecular formula is C12H16Cl2N2O2. The second-order valence-corrected chi connectivity index (χ2v) is 4.50. The molecule has 0 spiro atoms. The number of nitrogens with zero attached hydrogens (tertiary/aromatic N) is 1. The van der Waals surface area contributed by atoms with Crippen LogP contribution in [0.2, 0.25) is 10.3 Å². The maximum absolute atomic E-state index is 11.7. The molecule has 1 amide bonds. The first-order valence-electron chi connectivity index (χ1n) is 5.82. The Morgan fingerprint density at radius 1 is 1.33 bits per heavy atom. The average molecular weight is 291 g/mol. The van der Waals surface area contributed by atoms with Gasteiger partial charge < -0.3 is 10.1 Å². The van der Waals surface area contributed by atoms with Gasteiger partial charge in [-0.1, -0.05) is 36.5 Å². The summed E-state index contributed by atoms with van der Waals surface area (Å²) in [7, 11) is 0. The molecular weight excluding hydrogens is 275 g/mol. The van der Waals surface area contributed by atoms with Crippen LogP contribution < -0.4 is 5.32 Å². The van der Waals surface area contributed by atoms with E-state index in [9.17, 15) is 4.79 Å². The fourth-order valence-electron chi connectivity index (χ4n) is 1.28. The van der Waals surface area contributed by atoms with E-state index in [0.29, 0.717) is 18.7 Å². The minimum Gasteiger partial charge on any atom is -0.380 e. The number of amides is 1. The van der Waals surface area contributed by atoms with Crippen molar-refractivity contribution in [3.63, 3.8) is 0 Å². The summed E-state index contributed by atoms with van der Waals surface area (Å²) in [4.78, 5) is 15.5. The summed E-state index contributed by atoms with van der Waals surface area (Å²) in [6.45, 7) is 3.78. The number of unbranched alkanes of at least 4 members (excludes halogenated alkanes) is 1. The van der Waals surface area contributed by atoms with Crippen LogP contribution in [0.25, 0.3) is 0 Å². The monoisotopic (exact) mass is 290 g/mol. The summed E-state index contributed by atoms with van der Waals surface area (Å²) in [6, 6.07) is 2.95. The highest BCUT2D eigenvalue weighted by Gasteiger charge is 2.07. The highest BCUT2D eigenvalue weighted by molar-refractivity contribution is 6.33. The van der Waals surface area contributed by atoms with Crippen molar-refractivity contribution in [3.8, 4) is 0 Å². The van der Waals surface area contributed by atoms with Crippen molar-refractivity contribution < 1.29 is 9.53 Å². The number of hydrogen-bond donors (Lipinski definition) is 1. The van der Waals surface area contributed by atoms with Crippen LogP contribution >= 0.6 is 23.2 Å². The summed E-state index contributed by atoms with van der Waals surface area (Å²) in [5.41, 5.74) is 0.397. The lowest BCUT2D eigenvalue weighted by molar-refractivity contribution is 0.0912. The lowest BCUT2D eigenvalue weighted by Gasteiger charge is -2.06. The number of halogens is 2. The van der Waals surface area contributed by atoms with Gasteiger partial charge in [0.25, 0.3) is 5.91 Å². The standard InChI is InChI=1S/C12H16Cl2N2O2/c1-2-3-5-18-6-4-15-12(17)9-7-10(13)16-11(14)8-9/h7-8H,2-6H2,1H3,(H,15,17). The predicted octanol–water partition coefficient (Wildman–Crippen LogP) is 2.93. The first-order chi connectivity index (χ1) is 8.63. The summed E-state index contributed by atoms with van der Waals surface area (Å²) in [5, 5.41) is 3.12. The van der Waals surface area contributed by atoms with Crippen LogP contribution in [0.4, 0.5) is 0 Å². The third-order valence-electron chi connectivity index (χ3n) is 2.20. The van der Waals surface area contributed by atoms with E-state index in [1.165, 1.54) is 12.1 Å². The molecule has 0 aromatic carbocycles. The average Bonchev–Trinajstić information content (AvgIpc) is 2.32. The van der Waals surface area contributed by atoms with Gasteiger partial charge in [-0.15, -0.1) is 0 Å². The van der Waals surface area contributed by atoms with Gasteiger partial charge in [-0.3, -0.25) is 4.79 Å². The van der Waals surface area contributed by atoms with Gasteiger partial charge in [-0.2, -0.15) is 0 Å². The summed E-state index contributed by atoms with van der Waals surface area (Å²) >= 11 is 11.4. The summed E-state index contributed by atoms with van der Waals surface area (Å²) < 4.78 is 5.33. The van der Waals surface area contributed by atoms with Gasteiger partial charge in [-0.05, 0) is 18.6 Å². The molecule has 1 heterocycles. The van der Waals surface area contributed by atoms with E-state index in [1.54, 1.807) is 0 Å². The van der Waals surface area contributed by atoms with Crippen molar-refractivity contribution in [3.05, 3.63) is 28.0 Å². The maximum Gasteiger partial charge on any atom is 0.251 e. The molecule has 6 heteroatoms. The molecule has 0 unspecified atom stereocenters. The van der Waals surface area contributed by atoms with Crippen molar-refractivity contribution in [2.24, 2.45) is 0 Å². The van der Waals surface area contributed by atoms with E-state index >= 15 is 0 Å². The molecule has 1 N–H and O–H groups in total. The van der Waals surface area contributed by atoms with Gasteiger partial charge in [0.15, 0.2) is 0 Å². The Morgan fingerprint density at radius 2 is 2.00 bits per heavy atom. The first-order valence-corrected chi connectivity index (χ1v) is 6.58. The van der Waals surface area contributed by atoms with Crippen LogP contribution in [0, 0.1) is 0 Å². The van der Waals surface area contributed by atoms with E-state index in [4.69, 9.17) is 27.9 Å². The number of carbonyl (C=O) groups excluding carboxylic acids is 1. The van der Waals surface area contributed by atoms with Crippen LogP contribution in [-0.4, -0.2) is 30.6 Å². The van der Waals surface area contributed by atoms with Crippen LogP contribution in [-0.2, 0) is 4.74 Å². The number of carbonyl (C=O) groups is 1. The summed E-state index contributed by atoms with van der Waals surface area (Å²) in [6.07, 6.45) is 2.13. The Labute approximate surface area is 117 Å². The van der Waals surface area contributed by atoms with Gasteiger partial charge >= 0.3 is 0 Å². The molecule has 0 aliphatic heterocycles. The van der Waals surface area contributed by atoms with E-state index in [0.717, 1.165) is 19.4 Å². The number of pyridine rings is 1. The van der Waals surface area contributed by atoms with Crippen LogP contribution in [0.15, 0.2) is 12.1 Å². The van der Waals surface area contributed by atoms with Crippen molar-refractivity contribution in [2.45, 2.75) is 19.8 Å². The quantitative estimate of drug-likeness (QED) is 0.620. The Balaban J connectivity index is 2.32. The van der Waals surface area contributed by atoms with Gasteiger partial charge in [0, 0.05) is 18.7 Å². The normalized spacial score (nSPS) is 10.4. The molecule has 0 radical (unpaired) electrons. The second kappa shape index (κ2) is 8.29. The largest absolute Gasteiger partial charge is 0.380 e. The van der Waals surface area contributed by atoms with E-state index < -0.39 is 0 Å². The highest BCUT2D eigenvalue weighted by atomic mass is 35.5. The van der Waals surface area contributed by atoms with Gasteiger partial charge in [0.2, 0.25) is 0 Å². The minimum atomic E-state index is -0.236. The number of rotatable bonds is 7. The number of aromatic nitrogens is 1. The van der Waals surface area contributed by atoms with Crippen molar-refractivity contribution in [1.82, 2.24) is 10.3 Å². The molecule has 0 fully saturated rings. The number of ether oxygens (including phenoxy) is 1. The Morgan fingerprint density at radius 3 is 2.61 bits per heavy atom. The van der Waals surface area contributed by atoms with Gasteiger partial charge in [0.05, 0.1) is 6.61 Å². The number of hydrogen-bond acceptors (Lipinski definition) is 3. The molecule has 0 atom stereocenters. The molecule has 0 bridgehead atoms. The predicted molar refractivity (Wildman–Crippen MR) is 72.3 cm³/mol. The van der Waals surface area contributed by atoms with Crippen molar-refractivity contribution in [1.29, 1.82) is 0 Å². The van der Waals surface area contributed by atoms with E-state index in [1.807, 2.05) is 0 Å². The fourth-order valence-corrected chi connectivity index (χ4v) is 1.74. The molecule has 1 rings (SSSR count). The molecule has 18 heavy (non-hydrogen) atoms. The molecule has 0 saturated carbocycles. The summed E-state index contributed by atoms with van der Waals surface area (Å²) in [5.74, 6) is -0.236. The van der Waals surface area contributed by atoms with Gasteiger partial charge in [-0.25, -0.2) is 4.98 Å². The van der Waals surface area contributed by atoms with Crippen LogP contribution in [0.1, 0.15) is 30.1 Å². The third kappa shape index (κ3) is 5.67. The van der Waals surface area contributed by atoms with Crippen LogP contribution in [0.5, 0.6) is 0 Å². The number of nitrogens with one attached hydrogen (secondary N) is 1. The Kier molecular flexibility index (Phi) is 7.01. The highest BCUT2D eigenvalue weighted by Crippen LogP contribution is 2.14. The molecule has 0 saturated heterocycles. The zero-order chi connectivity index (χ0) is 13.4. The van der Waals surface area contributed by atoms with E-state index in [-0.39, 0.29) is 16.2 Å². The molecule has 4 nitrogen and oxygen atoms in total. The lowest BCUT2D eigenvalue weighted by atomic mass is 10.2. The van der Waals surface area contributed by atoms with Crippen molar-refractivity contribution in [2.75, 3.05) is 19.8 Å². The Bertz CT molecular complexity index is 379. The Hall–Kier alpha value is -0.840. The minimum absolute atomic E-state index is 0.201. The van der Waals surface area contributed by atoms with Gasteiger partial charge in [0.1, 0.15) is 10.3 Å². The first kappa shape index (κ1) is 15.2. The molecule has 1 aromatic rings. The third-order valence-corrected chi connectivity index (χ3v) is 2.59. The van der Waals surface area contributed by atoms with Crippen molar-refractivity contribution >= 4 is 29.1 Å². The van der Waals surface area contributed by atoms with Crippen LogP contribution in [0.3, 0.4) is 0 Å². The topological polar surface area (TPSA) is 51.2 Å². The second-order valence-electron chi connectivity index (χ2n) is 3.72. The maximum atomic E-state index is 11.7. The molecule has 0 aliphatic carbocycles. The molecule has 0 aliphatic rings. The SMILES string of the molecule is CCCCOCCNC(=O)c1cc(Cl)nc(Cl)c1. The zero-order valence-electron chi connectivity index (χ0n) is 10.2. The smallest absolute Gasteiger partial charge is 0.251 e. The molecule has 100 valence electrons. The molecule has 1 aromatic heterocycles. The van der Waals surface area contributed by atoms with E-state index in [2.05, 4.69) is 17.2 Å².